The maximum Gasteiger partial charge on any atom is 0.0491 e. The molecule has 24 heavy (non-hydrogen) atoms. The predicted molar refractivity (Wildman–Crippen MR) is 103 cm³/mol. The van der Waals surface area contributed by atoms with Crippen LogP contribution in [0.2, 0.25) is 0 Å². The summed E-state index contributed by atoms with van der Waals surface area (Å²) in [5.41, 5.74) is 4.14. The maximum absolute atomic E-state index is 2.61. The summed E-state index contributed by atoms with van der Waals surface area (Å²) in [6, 6.07) is 15.7. The molecule has 0 bridgehead atoms. The number of hydrogen-bond donors (Lipinski definition) is 0. The summed E-state index contributed by atoms with van der Waals surface area (Å²) in [6.07, 6.45) is 2.42. The van der Waals surface area contributed by atoms with Crippen molar-refractivity contribution in [2.24, 2.45) is 7.05 Å². The van der Waals surface area contributed by atoms with Crippen molar-refractivity contribution < 1.29 is 0 Å². The van der Waals surface area contributed by atoms with Crippen molar-refractivity contribution in [2.75, 3.05) is 39.8 Å². The van der Waals surface area contributed by atoms with E-state index in [2.05, 4.69) is 70.9 Å². The Morgan fingerprint density at radius 3 is 2.42 bits per heavy atom. The number of hydrogen-bond acceptors (Lipinski definition) is 2. The summed E-state index contributed by atoms with van der Waals surface area (Å²) in [7, 11) is 4.40. The van der Waals surface area contributed by atoms with E-state index in [4.69, 9.17) is 0 Å². The van der Waals surface area contributed by atoms with Crippen molar-refractivity contribution in [3.05, 3.63) is 48.0 Å². The molecule has 3 aromatic rings. The number of nitrogens with zero attached hydrogens (tertiary/aromatic N) is 3. The smallest absolute Gasteiger partial charge is 0.0491 e. The zero-order chi connectivity index (χ0) is 16.5. The van der Waals surface area contributed by atoms with E-state index in [9.17, 15) is 0 Å². The first-order valence-corrected chi connectivity index (χ1v) is 9.09. The summed E-state index contributed by atoms with van der Waals surface area (Å²) in [5, 5.41) is 2.73. The number of para-hydroxylation sites is 1. The van der Waals surface area contributed by atoms with Crippen molar-refractivity contribution in [3.63, 3.8) is 0 Å². The Labute approximate surface area is 144 Å². The molecule has 3 heteroatoms. The molecule has 0 spiro atoms. The summed E-state index contributed by atoms with van der Waals surface area (Å²) in [4.78, 5) is 5.03. The quantitative estimate of drug-likeness (QED) is 0.728. The van der Waals surface area contributed by atoms with Gasteiger partial charge in [-0.05, 0) is 44.1 Å². The third-order valence-corrected chi connectivity index (χ3v) is 5.51. The third kappa shape index (κ3) is 2.94. The molecule has 2 aromatic carbocycles. The van der Waals surface area contributed by atoms with Gasteiger partial charge in [0, 0.05) is 55.0 Å². The van der Waals surface area contributed by atoms with Gasteiger partial charge < -0.3 is 14.4 Å². The van der Waals surface area contributed by atoms with Gasteiger partial charge in [-0.1, -0.05) is 30.3 Å². The van der Waals surface area contributed by atoms with Crippen molar-refractivity contribution in [3.8, 4) is 0 Å². The fourth-order valence-electron chi connectivity index (χ4n) is 3.94. The van der Waals surface area contributed by atoms with Gasteiger partial charge in [0.05, 0.1) is 0 Å². The Morgan fingerprint density at radius 1 is 0.833 bits per heavy atom. The average molecular weight is 321 g/mol. The number of aryl methyl sites for hydroxylation is 2. The molecule has 0 aliphatic carbocycles. The normalized spacial score (nSPS) is 17.1. The van der Waals surface area contributed by atoms with Crippen LogP contribution in [0.1, 0.15) is 12.0 Å². The lowest BCUT2D eigenvalue weighted by atomic mass is 10.1. The zero-order valence-corrected chi connectivity index (χ0v) is 14.8. The number of fused-ring (bicyclic) bond motifs is 3. The lowest BCUT2D eigenvalue weighted by Crippen LogP contribution is -2.44. The Morgan fingerprint density at radius 2 is 1.58 bits per heavy atom. The van der Waals surface area contributed by atoms with Crippen LogP contribution in [-0.2, 0) is 13.5 Å². The van der Waals surface area contributed by atoms with E-state index in [0.29, 0.717) is 0 Å². The van der Waals surface area contributed by atoms with E-state index in [1.54, 1.807) is 0 Å². The first kappa shape index (κ1) is 15.7. The fraction of sp³-hybridized carbons (Fsp3) is 0.429. The molecule has 0 unspecified atom stereocenters. The zero-order valence-electron chi connectivity index (χ0n) is 14.8. The molecule has 0 atom stereocenters. The predicted octanol–water partition coefficient (Wildman–Crippen LogP) is 3.51. The largest absolute Gasteiger partial charge is 0.344 e. The van der Waals surface area contributed by atoms with E-state index in [0.717, 1.165) is 0 Å². The second kappa shape index (κ2) is 6.58. The van der Waals surface area contributed by atoms with Crippen LogP contribution in [0.3, 0.4) is 0 Å². The number of piperazine rings is 1. The van der Waals surface area contributed by atoms with Crippen LogP contribution >= 0.6 is 0 Å². The molecule has 0 amide bonds. The molecule has 4 rings (SSSR count). The number of likely N-dealkylation sites (N-methyl/N-ethyl adjacent to an activating group) is 1. The van der Waals surface area contributed by atoms with Gasteiger partial charge in [-0.25, -0.2) is 0 Å². The molecule has 3 nitrogen and oxygen atoms in total. The van der Waals surface area contributed by atoms with Crippen molar-refractivity contribution >= 4 is 21.8 Å². The third-order valence-electron chi connectivity index (χ3n) is 5.51. The minimum absolute atomic E-state index is 1.17. The van der Waals surface area contributed by atoms with Gasteiger partial charge in [0.15, 0.2) is 0 Å². The molecule has 0 radical (unpaired) electrons. The van der Waals surface area contributed by atoms with Gasteiger partial charge in [0.2, 0.25) is 0 Å². The lowest BCUT2D eigenvalue weighted by Gasteiger charge is -2.32. The van der Waals surface area contributed by atoms with Gasteiger partial charge in [0.25, 0.3) is 0 Å². The van der Waals surface area contributed by atoms with Crippen molar-refractivity contribution in [2.45, 2.75) is 12.8 Å². The molecule has 1 aliphatic heterocycles. The van der Waals surface area contributed by atoms with E-state index >= 15 is 0 Å². The molecule has 0 N–H and O–H groups in total. The monoisotopic (exact) mass is 321 g/mol. The molecule has 1 aliphatic rings. The second-order valence-electron chi connectivity index (χ2n) is 7.18. The fourth-order valence-corrected chi connectivity index (χ4v) is 3.94. The summed E-state index contributed by atoms with van der Waals surface area (Å²) in [5.74, 6) is 0. The second-order valence-corrected chi connectivity index (χ2v) is 7.18. The van der Waals surface area contributed by atoms with Gasteiger partial charge in [-0.3, -0.25) is 0 Å². The summed E-state index contributed by atoms with van der Waals surface area (Å²) in [6.45, 7) is 6.09. The first-order chi connectivity index (χ1) is 11.7. The molecule has 1 fully saturated rings. The van der Waals surface area contributed by atoms with Gasteiger partial charge in [-0.15, -0.1) is 0 Å². The molecule has 126 valence electrons. The summed E-state index contributed by atoms with van der Waals surface area (Å²) < 4.78 is 2.33. The highest BCUT2D eigenvalue weighted by molar-refractivity contribution is 6.08. The Hall–Kier alpha value is -1.84. The highest BCUT2D eigenvalue weighted by Crippen LogP contribution is 2.28. The number of benzene rings is 2. The highest BCUT2D eigenvalue weighted by Gasteiger charge is 2.13. The summed E-state index contributed by atoms with van der Waals surface area (Å²) >= 11 is 0. The molecule has 1 saturated heterocycles. The van der Waals surface area contributed by atoms with Crippen LogP contribution in [0.15, 0.2) is 42.5 Å². The molecule has 1 aromatic heterocycles. The van der Waals surface area contributed by atoms with Crippen LogP contribution in [0, 0.1) is 0 Å². The Balaban J connectivity index is 1.47. The van der Waals surface area contributed by atoms with E-state index in [-0.39, 0.29) is 0 Å². The van der Waals surface area contributed by atoms with Gasteiger partial charge in [0.1, 0.15) is 0 Å². The minimum atomic E-state index is 1.17. The maximum atomic E-state index is 2.61. The standard InChI is InChI=1S/C21H27N3/c1-22-12-14-24(15-13-22)11-5-6-17-9-10-19-18-7-3-4-8-20(18)23(2)21(19)16-17/h3-4,7-10,16H,5-6,11-15H2,1-2H3. The van der Waals surface area contributed by atoms with E-state index in [1.807, 2.05) is 0 Å². The van der Waals surface area contributed by atoms with Crippen LogP contribution in [0.25, 0.3) is 21.8 Å². The first-order valence-electron chi connectivity index (χ1n) is 9.09. The Kier molecular flexibility index (Phi) is 4.30. The molecule has 2 heterocycles. The van der Waals surface area contributed by atoms with E-state index < -0.39 is 0 Å². The van der Waals surface area contributed by atoms with Crippen molar-refractivity contribution in [1.29, 1.82) is 0 Å². The number of aromatic nitrogens is 1. The van der Waals surface area contributed by atoms with Crippen LogP contribution in [0.4, 0.5) is 0 Å². The minimum Gasteiger partial charge on any atom is -0.344 e. The number of rotatable bonds is 4. The van der Waals surface area contributed by atoms with Crippen molar-refractivity contribution in [1.82, 2.24) is 14.4 Å². The SMILES string of the molecule is CN1CCN(CCCc2ccc3c4ccccc4n(C)c3c2)CC1. The average Bonchev–Trinajstić information content (AvgIpc) is 2.90. The molecular formula is C21H27N3. The molecule has 0 saturated carbocycles. The van der Waals surface area contributed by atoms with Crippen LogP contribution < -0.4 is 0 Å². The topological polar surface area (TPSA) is 11.4 Å². The lowest BCUT2D eigenvalue weighted by molar-refractivity contribution is 0.153. The highest BCUT2D eigenvalue weighted by atomic mass is 15.2. The molecular weight excluding hydrogens is 294 g/mol. The van der Waals surface area contributed by atoms with Gasteiger partial charge >= 0.3 is 0 Å². The van der Waals surface area contributed by atoms with Gasteiger partial charge in [-0.2, -0.15) is 0 Å². The Bertz CT molecular complexity index is 841. The van der Waals surface area contributed by atoms with Crippen LogP contribution in [-0.4, -0.2) is 54.1 Å². The van der Waals surface area contributed by atoms with E-state index in [1.165, 1.54) is 72.9 Å². The van der Waals surface area contributed by atoms with Crippen LogP contribution in [0.5, 0.6) is 0 Å².